The highest BCUT2D eigenvalue weighted by atomic mass is 15.3. The smallest absolute Gasteiger partial charge is 0.227 e. The van der Waals surface area contributed by atoms with Gasteiger partial charge in [0.15, 0.2) is 0 Å². The first-order valence-electron chi connectivity index (χ1n) is 10.2. The van der Waals surface area contributed by atoms with Crippen molar-refractivity contribution in [2.75, 3.05) is 55.6 Å². The van der Waals surface area contributed by atoms with Gasteiger partial charge >= 0.3 is 0 Å². The molecule has 2 saturated heterocycles. The minimum absolute atomic E-state index is 0.912. The van der Waals surface area contributed by atoms with Gasteiger partial charge in [0, 0.05) is 75.4 Å². The lowest BCUT2D eigenvalue weighted by Crippen LogP contribution is -2.47. The lowest BCUT2D eigenvalue weighted by Gasteiger charge is -2.35. The zero-order valence-corrected chi connectivity index (χ0v) is 16.6. The summed E-state index contributed by atoms with van der Waals surface area (Å²) >= 11 is 0. The molecule has 0 atom stereocenters. The Morgan fingerprint density at radius 3 is 2.33 bits per heavy atom. The maximum atomic E-state index is 4.88. The standard InChI is InChI=1S/C21H30N6/c1-17-6-5-7-19(22-17)8-11-25-12-14-26(15-13-25)20-16-18(2)23-21(24-20)27-9-3-4-10-27/h5-7,16H,3-4,8-15H2,1-2H3. The summed E-state index contributed by atoms with van der Waals surface area (Å²) in [6, 6.07) is 8.42. The van der Waals surface area contributed by atoms with Crippen LogP contribution in [0.25, 0.3) is 0 Å². The van der Waals surface area contributed by atoms with E-state index in [9.17, 15) is 0 Å². The van der Waals surface area contributed by atoms with Crippen LogP contribution in [-0.2, 0) is 6.42 Å². The molecule has 2 aliphatic heterocycles. The molecule has 0 aliphatic carbocycles. The highest BCUT2D eigenvalue weighted by Crippen LogP contribution is 2.21. The minimum atomic E-state index is 0.912. The van der Waals surface area contributed by atoms with Crippen molar-refractivity contribution >= 4 is 11.8 Å². The molecule has 6 nitrogen and oxygen atoms in total. The van der Waals surface area contributed by atoms with E-state index in [4.69, 9.17) is 4.98 Å². The number of nitrogens with zero attached hydrogens (tertiary/aromatic N) is 6. The summed E-state index contributed by atoms with van der Waals surface area (Å²) in [5.41, 5.74) is 3.36. The van der Waals surface area contributed by atoms with Gasteiger partial charge in [0.2, 0.25) is 5.95 Å². The van der Waals surface area contributed by atoms with Crippen LogP contribution in [0.5, 0.6) is 0 Å². The zero-order valence-electron chi connectivity index (χ0n) is 16.6. The molecular formula is C21H30N6. The minimum Gasteiger partial charge on any atom is -0.354 e. The van der Waals surface area contributed by atoms with Crippen molar-refractivity contribution in [3.63, 3.8) is 0 Å². The summed E-state index contributed by atoms with van der Waals surface area (Å²) in [7, 11) is 0. The number of rotatable bonds is 5. The molecule has 0 N–H and O–H groups in total. The number of pyridine rings is 1. The van der Waals surface area contributed by atoms with Crippen molar-refractivity contribution in [2.24, 2.45) is 0 Å². The summed E-state index contributed by atoms with van der Waals surface area (Å²) in [5, 5.41) is 0. The number of hydrogen-bond acceptors (Lipinski definition) is 6. The Balaban J connectivity index is 1.33. The van der Waals surface area contributed by atoms with E-state index in [1.54, 1.807) is 0 Å². The highest BCUT2D eigenvalue weighted by molar-refractivity contribution is 5.46. The van der Waals surface area contributed by atoms with Crippen molar-refractivity contribution < 1.29 is 0 Å². The Morgan fingerprint density at radius 2 is 1.59 bits per heavy atom. The fourth-order valence-corrected chi connectivity index (χ4v) is 3.97. The van der Waals surface area contributed by atoms with Crippen molar-refractivity contribution in [2.45, 2.75) is 33.1 Å². The van der Waals surface area contributed by atoms with Gasteiger partial charge in [-0.25, -0.2) is 4.98 Å². The monoisotopic (exact) mass is 366 g/mol. The van der Waals surface area contributed by atoms with Crippen LogP contribution in [0.2, 0.25) is 0 Å². The van der Waals surface area contributed by atoms with Gasteiger partial charge in [-0.05, 0) is 38.8 Å². The summed E-state index contributed by atoms with van der Waals surface area (Å²) in [6.45, 7) is 11.6. The molecule has 0 bridgehead atoms. The van der Waals surface area contributed by atoms with Gasteiger partial charge in [-0.3, -0.25) is 9.88 Å². The van der Waals surface area contributed by atoms with E-state index in [1.807, 2.05) is 0 Å². The van der Waals surface area contributed by atoms with E-state index < -0.39 is 0 Å². The molecule has 6 heteroatoms. The van der Waals surface area contributed by atoms with Gasteiger partial charge in [-0.1, -0.05) is 6.07 Å². The molecular weight excluding hydrogens is 336 g/mol. The van der Waals surface area contributed by atoms with Gasteiger partial charge < -0.3 is 9.80 Å². The Labute approximate surface area is 162 Å². The van der Waals surface area contributed by atoms with Crippen molar-refractivity contribution in [1.82, 2.24) is 19.9 Å². The fraction of sp³-hybridized carbons (Fsp3) is 0.571. The maximum Gasteiger partial charge on any atom is 0.227 e. The number of aryl methyl sites for hydroxylation is 2. The van der Waals surface area contributed by atoms with Crippen molar-refractivity contribution in [3.05, 3.63) is 41.3 Å². The van der Waals surface area contributed by atoms with Crippen LogP contribution < -0.4 is 9.80 Å². The molecule has 0 saturated carbocycles. The Morgan fingerprint density at radius 1 is 0.815 bits per heavy atom. The van der Waals surface area contributed by atoms with Gasteiger partial charge in [0.05, 0.1) is 0 Å². The molecule has 0 spiro atoms. The summed E-state index contributed by atoms with van der Waals surface area (Å²) in [5.74, 6) is 2.00. The first-order chi connectivity index (χ1) is 13.2. The molecule has 2 aromatic rings. The van der Waals surface area contributed by atoms with Gasteiger partial charge in [-0.2, -0.15) is 4.98 Å². The number of hydrogen-bond donors (Lipinski definition) is 0. The van der Waals surface area contributed by atoms with Crippen LogP contribution in [0.1, 0.15) is 29.9 Å². The normalized spacial score (nSPS) is 18.3. The van der Waals surface area contributed by atoms with Crippen LogP contribution in [0.3, 0.4) is 0 Å². The SMILES string of the molecule is Cc1cccc(CCN2CCN(c3cc(C)nc(N4CCCC4)n3)CC2)n1. The molecule has 0 amide bonds. The molecule has 0 aromatic carbocycles. The van der Waals surface area contributed by atoms with E-state index in [1.165, 1.54) is 18.5 Å². The quantitative estimate of drug-likeness (QED) is 0.810. The largest absolute Gasteiger partial charge is 0.354 e. The second kappa shape index (κ2) is 8.21. The number of aromatic nitrogens is 3. The Bertz CT molecular complexity index is 763. The van der Waals surface area contributed by atoms with E-state index in [-0.39, 0.29) is 0 Å². The fourth-order valence-electron chi connectivity index (χ4n) is 3.97. The number of piperazine rings is 1. The molecule has 2 aliphatic rings. The average molecular weight is 367 g/mol. The van der Waals surface area contributed by atoms with Crippen LogP contribution >= 0.6 is 0 Å². The predicted molar refractivity (Wildman–Crippen MR) is 110 cm³/mol. The van der Waals surface area contributed by atoms with Gasteiger partial charge in [-0.15, -0.1) is 0 Å². The highest BCUT2D eigenvalue weighted by Gasteiger charge is 2.21. The van der Waals surface area contributed by atoms with E-state index in [0.717, 1.165) is 75.4 Å². The second-order valence-electron chi connectivity index (χ2n) is 7.71. The van der Waals surface area contributed by atoms with Gasteiger partial charge in [0.25, 0.3) is 0 Å². The first-order valence-corrected chi connectivity index (χ1v) is 10.2. The van der Waals surface area contributed by atoms with E-state index in [0.29, 0.717) is 0 Å². The lowest BCUT2D eigenvalue weighted by molar-refractivity contribution is 0.259. The Hall–Kier alpha value is -2.21. The third-order valence-corrected chi connectivity index (χ3v) is 5.54. The maximum absolute atomic E-state index is 4.88. The third-order valence-electron chi connectivity index (χ3n) is 5.54. The van der Waals surface area contributed by atoms with Crippen molar-refractivity contribution in [3.8, 4) is 0 Å². The second-order valence-corrected chi connectivity index (χ2v) is 7.71. The molecule has 2 aromatic heterocycles. The van der Waals surface area contributed by atoms with Crippen LogP contribution in [-0.4, -0.2) is 65.7 Å². The predicted octanol–water partition coefficient (Wildman–Crippen LogP) is 2.45. The number of anilines is 2. The van der Waals surface area contributed by atoms with E-state index in [2.05, 4.69) is 62.8 Å². The molecule has 0 unspecified atom stereocenters. The van der Waals surface area contributed by atoms with Gasteiger partial charge in [0.1, 0.15) is 5.82 Å². The molecule has 0 radical (unpaired) electrons. The lowest BCUT2D eigenvalue weighted by atomic mass is 10.2. The molecule has 144 valence electrons. The van der Waals surface area contributed by atoms with Crippen LogP contribution in [0.15, 0.2) is 24.3 Å². The Kier molecular flexibility index (Phi) is 5.53. The molecule has 27 heavy (non-hydrogen) atoms. The zero-order chi connectivity index (χ0) is 18.6. The molecule has 4 rings (SSSR count). The molecule has 4 heterocycles. The topological polar surface area (TPSA) is 48.4 Å². The molecule has 2 fully saturated rings. The first kappa shape index (κ1) is 18.2. The van der Waals surface area contributed by atoms with Crippen LogP contribution in [0.4, 0.5) is 11.8 Å². The summed E-state index contributed by atoms with van der Waals surface area (Å²) in [4.78, 5) is 21.4. The third kappa shape index (κ3) is 4.56. The van der Waals surface area contributed by atoms with Crippen molar-refractivity contribution in [1.29, 1.82) is 0 Å². The van der Waals surface area contributed by atoms with Crippen LogP contribution in [0, 0.1) is 13.8 Å². The summed E-state index contributed by atoms with van der Waals surface area (Å²) in [6.07, 6.45) is 3.52. The summed E-state index contributed by atoms with van der Waals surface area (Å²) < 4.78 is 0. The van der Waals surface area contributed by atoms with E-state index >= 15 is 0 Å². The average Bonchev–Trinajstić information content (AvgIpc) is 3.21.